The molecule has 36 heavy (non-hydrogen) atoms. The van der Waals surface area contributed by atoms with Crippen molar-refractivity contribution in [2.24, 2.45) is 5.92 Å². The van der Waals surface area contributed by atoms with Crippen LogP contribution in [0.5, 0.6) is 5.75 Å². The normalized spacial score (nSPS) is 15.0. The number of carbonyl (C=O) groups excluding carboxylic acids is 2. The predicted molar refractivity (Wildman–Crippen MR) is 141 cm³/mol. The molecule has 0 N–H and O–H groups in total. The summed E-state index contributed by atoms with van der Waals surface area (Å²) in [6, 6.07) is 14.7. The van der Waals surface area contributed by atoms with Crippen molar-refractivity contribution in [2.45, 2.75) is 32.7 Å². The van der Waals surface area contributed by atoms with Crippen LogP contribution in [-0.4, -0.2) is 47.9 Å². The van der Waals surface area contributed by atoms with Crippen molar-refractivity contribution in [3.63, 3.8) is 0 Å². The summed E-state index contributed by atoms with van der Waals surface area (Å²) in [7, 11) is 0. The fraction of sp³-hybridized carbons (Fsp3) is 0.357. The monoisotopic (exact) mass is 528 g/mol. The van der Waals surface area contributed by atoms with Gasteiger partial charge in [0.15, 0.2) is 11.6 Å². The van der Waals surface area contributed by atoms with Crippen molar-refractivity contribution in [1.82, 2.24) is 9.80 Å². The van der Waals surface area contributed by atoms with Crippen molar-refractivity contribution in [2.75, 3.05) is 26.2 Å². The van der Waals surface area contributed by atoms with Gasteiger partial charge in [0.2, 0.25) is 5.91 Å². The second-order valence-electron chi connectivity index (χ2n) is 9.31. The molecule has 0 radical (unpaired) electrons. The van der Waals surface area contributed by atoms with Gasteiger partial charge in [-0.3, -0.25) is 9.59 Å². The Morgan fingerprint density at radius 1 is 1.19 bits per heavy atom. The number of nitrogens with zero attached hydrogens (tertiary/aromatic N) is 2. The van der Waals surface area contributed by atoms with Crippen LogP contribution in [0.15, 0.2) is 60.0 Å². The lowest BCUT2D eigenvalue weighted by molar-refractivity contribution is -0.135. The molecule has 0 unspecified atom stereocenters. The van der Waals surface area contributed by atoms with Crippen LogP contribution >= 0.6 is 22.9 Å². The summed E-state index contributed by atoms with van der Waals surface area (Å²) in [6.07, 6.45) is 1.51. The Balaban J connectivity index is 1.54. The first-order valence-electron chi connectivity index (χ1n) is 12.1. The van der Waals surface area contributed by atoms with Crippen LogP contribution in [0.1, 0.15) is 47.1 Å². The highest BCUT2D eigenvalue weighted by molar-refractivity contribution is 7.10. The van der Waals surface area contributed by atoms with E-state index in [1.807, 2.05) is 11.4 Å². The number of halogens is 2. The summed E-state index contributed by atoms with van der Waals surface area (Å²) in [6.45, 7) is 5.23. The van der Waals surface area contributed by atoms with E-state index in [0.29, 0.717) is 29.6 Å². The maximum atomic E-state index is 14.2. The summed E-state index contributed by atoms with van der Waals surface area (Å²) in [4.78, 5) is 31.6. The van der Waals surface area contributed by atoms with Gasteiger partial charge in [0.1, 0.15) is 13.2 Å². The number of hydrogen-bond acceptors (Lipinski definition) is 4. The summed E-state index contributed by atoms with van der Waals surface area (Å²) < 4.78 is 20.0. The first-order valence-corrected chi connectivity index (χ1v) is 13.4. The minimum atomic E-state index is -0.441. The van der Waals surface area contributed by atoms with Gasteiger partial charge in [0.05, 0.1) is 6.04 Å². The molecule has 8 heteroatoms. The van der Waals surface area contributed by atoms with Crippen molar-refractivity contribution in [3.8, 4) is 5.75 Å². The number of ether oxygens (including phenoxy) is 1. The highest BCUT2D eigenvalue weighted by Gasteiger charge is 2.34. The largest absolute Gasteiger partial charge is 0.488 e. The van der Waals surface area contributed by atoms with Crippen LogP contribution < -0.4 is 4.74 Å². The van der Waals surface area contributed by atoms with Crippen LogP contribution in [-0.2, 0) is 11.2 Å². The topological polar surface area (TPSA) is 49.9 Å². The van der Waals surface area contributed by atoms with E-state index in [4.69, 9.17) is 16.3 Å². The first kappa shape index (κ1) is 26.2. The molecule has 0 spiro atoms. The molecule has 1 aliphatic rings. The molecule has 4 rings (SSSR count). The molecule has 0 saturated heterocycles. The van der Waals surface area contributed by atoms with Crippen LogP contribution in [0.4, 0.5) is 4.39 Å². The minimum Gasteiger partial charge on any atom is -0.488 e. The average molecular weight is 529 g/mol. The molecule has 2 heterocycles. The number of amides is 2. The zero-order valence-corrected chi connectivity index (χ0v) is 22.0. The zero-order chi connectivity index (χ0) is 25.7. The summed E-state index contributed by atoms with van der Waals surface area (Å²) in [5.74, 6) is -0.294. The second kappa shape index (κ2) is 11.9. The molecule has 1 atom stereocenters. The number of para-hydroxylation sites is 1. The Hall–Kier alpha value is -2.90. The lowest BCUT2D eigenvalue weighted by atomic mass is 10.00. The Labute approximate surface area is 220 Å². The molecule has 1 aliphatic heterocycles. The van der Waals surface area contributed by atoms with E-state index < -0.39 is 5.82 Å². The predicted octanol–water partition coefficient (Wildman–Crippen LogP) is 6.23. The highest BCUT2D eigenvalue weighted by atomic mass is 35.5. The Morgan fingerprint density at radius 2 is 2.00 bits per heavy atom. The van der Waals surface area contributed by atoms with Gasteiger partial charge in [-0.25, -0.2) is 4.39 Å². The first-order chi connectivity index (χ1) is 17.3. The van der Waals surface area contributed by atoms with Crippen molar-refractivity contribution < 1.29 is 18.7 Å². The molecule has 0 saturated carbocycles. The van der Waals surface area contributed by atoms with Gasteiger partial charge in [-0.2, -0.15) is 0 Å². The number of rotatable bonds is 9. The maximum absolute atomic E-state index is 14.2. The van der Waals surface area contributed by atoms with Gasteiger partial charge >= 0.3 is 0 Å². The Kier molecular flexibility index (Phi) is 8.64. The van der Waals surface area contributed by atoms with Crippen molar-refractivity contribution in [3.05, 3.63) is 86.8 Å². The van der Waals surface area contributed by atoms with Gasteiger partial charge in [0, 0.05) is 28.6 Å². The molecule has 2 aromatic carbocycles. The van der Waals surface area contributed by atoms with Gasteiger partial charge in [-0.05, 0) is 66.1 Å². The number of fused-ring (bicyclic) bond motifs is 1. The van der Waals surface area contributed by atoms with Gasteiger partial charge in [0.25, 0.3) is 5.91 Å². The van der Waals surface area contributed by atoms with Gasteiger partial charge in [-0.15, -0.1) is 11.3 Å². The average Bonchev–Trinajstić information content (AvgIpc) is 3.34. The van der Waals surface area contributed by atoms with E-state index in [1.165, 1.54) is 10.9 Å². The van der Waals surface area contributed by atoms with E-state index in [1.54, 1.807) is 63.6 Å². The SMILES string of the molecule is CC(C)CCN(CC(=O)N1CCc2sccc2[C@H]1COc1ccccc1F)C(=O)c1cccc(Cl)c1. The third-order valence-corrected chi connectivity index (χ3v) is 7.54. The van der Waals surface area contributed by atoms with E-state index in [0.717, 1.165) is 18.4 Å². The lowest BCUT2D eigenvalue weighted by Crippen LogP contribution is -2.48. The zero-order valence-electron chi connectivity index (χ0n) is 20.5. The van der Waals surface area contributed by atoms with E-state index in [9.17, 15) is 14.0 Å². The molecular weight excluding hydrogens is 499 g/mol. The fourth-order valence-corrected chi connectivity index (χ4v) is 5.45. The molecule has 0 fully saturated rings. The van der Waals surface area contributed by atoms with E-state index >= 15 is 0 Å². The third kappa shape index (κ3) is 6.26. The highest BCUT2D eigenvalue weighted by Crippen LogP contribution is 2.34. The van der Waals surface area contributed by atoms with Crippen LogP contribution in [0, 0.1) is 11.7 Å². The molecule has 0 bridgehead atoms. The second-order valence-corrected chi connectivity index (χ2v) is 10.8. The standard InChI is InChI=1S/C28H30ClFN2O3S/c1-19(2)10-13-31(28(34)20-6-5-7-21(29)16-20)17-27(33)32-14-11-26-22(12-15-36-26)24(32)18-35-25-9-4-3-8-23(25)30/h3-9,12,15-16,19,24H,10-11,13-14,17-18H2,1-2H3/t24-/m1/s1. The Morgan fingerprint density at radius 3 is 2.75 bits per heavy atom. The maximum Gasteiger partial charge on any atom is 0.254 e. The number of hydrogen-bond donors (Lipinski definition) is 0. The van der Waals surface area contributed by atoms with E-state index in [2.05, 4.69) is 13.8 Å². The minimum absolute atomic E-state index is 0.0479. The van der Waals surface area contributed by atoms with Crippen LogP contribution in [0.3, 0.4) is 0 Å². The third-order valence-electron chi connectivity index (χ3n) is 6.31. The summed E-state index contributed by atoms with van der Waals surface area (Å²) >= 11 is 7.77. The smallest absolute Gasteiger partial charge is 0.254 e. The van der Waals surface area contributed by atoms with Crippen LogP contribution in [0.25, 0.3) is 0 Å². The van der Waals surface area contributed by atoms with Crippen LogP contribution in [0.2, 0.25) is 5.02 Å². The molecule has 0 aliphatic carbocycles. The van der Waals surface area contributed by atoms with Gasteiger partial charge in [-0.1, -0.05) is 43.6 Å². The number of carbonyl (C=O) groups is 2. The molecule has 190 valence electrons. The number of benzene rings is 2. The lowest BCUT2D eigenvalue weighted by Gasteiger charge is -2.37. The molecule has 2 amide bonds. The molecule has 1 aromatic heterocycles. The molecular formula is C28H30ClFN2O3S. The van der Waals surface area contributed by atoms with Crippen molar-refractivity contribution in [1.29, 1.82) is 0 Å². The van der Waals surface area contributed by atoms with E-state index in [-0.39, 0.29) is 36.8 Å². The Bertz CT molecular complexity index is 1210. The molecule has 5 nitrogen and oxygen atoms in total. The van der Waals surface area contributed by atoms with Gasteiger partial charge < -0.3 is 14.5 Å². The fourth-order valence-electron chi connectivity index (χ4n) is 4.33. The van der Waals surface area contributed by atoms with Crippen molar-refractivity contribution >= 4 is 34.8 Å². The summed E-state index contributed by atoms with van der Waals surface area (Å²) in [5.41, 5.74) is 1.48. The summed E-state index contributed by atoms with van der Waals surface area (Å²) in [5, 5.41) is 2.48. The quantitative estimate of drug-likeness (QED) is 0.330. The molecule has 3 aromatic rings. The number of thiophene rings is 1.